The molecule has 0 saturated carbocycles. The molecule has 1 aliphatic heterocycles. The lowest BCUT2D eigenvalue weighted by atomic mass is 9.94. The Balaban J connectivity index is 1.93. The first kappa shape index (κ1) is 30.4. The van der Waals surface area contributed by atoms with Gasteiger partial charge in [0.05, 0.1) is 5.69 Å². The van der Waals surface area contributed by atoms with E-state index in [2.05, 4.69) is 25.2 Å². The van der Waals surface area contributed by atoms with E-state index in [0.717, 1.165) is 6.42 Å². The number of nitrogens with zero attached hydrogens (tertiary/aromatic N) is 5. The molecule has 3 rings (SSSR count). The molecule has 0 spiro atoms. The van der Waals surface area contributed by atoms with E-state index in [1.165, 1.54) is 12.1 Å². The molecule has 20 heteroatoms. The molecule has 39 heavy (non-hydrogen) atoms. The largest absolute Gasteiger partial charge is 0.501 e. The Labute approximate surface area is 219 Å². The molecule has 0 radical (unpaired) electrons. The highest BCUT2D eigenvalue weighted by Gasteiger charge is 2.62. The summed E-state index contributed by atoms with van der Waals surface area (Å²) in [4.78, 5) is 13.5. The van der Waals surface area contributed by atoms with E-state index in [0.29, 0.717) is 24.1 Å². The molecule has 0 saturated heterocycles. The molecule has 0 bridgehead atoms. The van der Waals surface area contributed by atoms with Gasteiger partial charge in [0.25, 0.3) is 5.13 Å². The number of anilines is 2. The number of fused-ring (bicyclic) bond motifs is 1. The Morgan fingerprint density at radius 3 is 2.41 bits per heavy atom. The third-order valence-corrected chi connectivity index (χ3v) is 7.37. The van der Waals surface area contributed by atoms with Gasteiger partial charge in [0.1, 0.15) is 5.69 Å². The quantitative estimate of drug-likeness (QED) is 0.230. The number of alkyl halides is 8. The van der Waals surface area contributed by atoms with Crippen LogP contribution in [0.4, 0.5) is 57.3 Å². The number of hydrogen-bond acceptors (Lipinski definition) is 10. The molecular weight excluding hydrogens is 592 g/mol. The summed E-state index contributed by atoms with van der Waals surface area (Å²) >= 11 is 0.117. The fourth-order valence-electron chi connectivity index (χ4n) is 3.58. The summed E-state index contributed by atoms with van der Waals surface area (Å²) < 4.78 is 130. The number of carbonyl (C=O) groups excluding carboxylic acids is 1. The third-order valence-electron chi connectivity index (χ3n) is 5.35. The molecule has 1 aromatic heterocycles. The molecule has 0 amide bonds. The van der Waals surface area contributed by atoms with Crippen LogP contribution in [0.3, 0.4) is 0 Å². The summed E-state index contributed by atoms with van der Waals surface area (Å²) in [5.41, 5.74) is 0.555. The van der Waals surface area contributed by atoms with Gasteiger partial charge in [0.2, 0.25) is 15.0 Å². The zero-order valence-corrected chi connectivity index (χ0v) is 21.4. The van der Waals surface area contributed by atoms with E-state index >= 15 is 0 Å². The Bertz CT molecular complexity index is 1360. The molecule has 1 aliphatic rings. The standard InChI is InChI=1S/C19H18F8N6O4S2/c1-3-10-5-4-9-6-11(12(7-13(9)33(10)2)32-39(35,36)8-17(20,21)22)28-30-16-31-29-14(38-16)15(34)37-19(26,27)18(23,24)25/h6-7,10,32H,3-5,8H2,1-2H3. The Morgan fingerprint density at radius 1 is 1.15 bits per heavy atom. The normalized spacial score (nSPS) is 16.9. The number of benzene rings is 1. The van der Waals surface area contributed by atoms with Crippen LogP contribution < -0.4 is 9.62 Å². The molecule has 1 aromatic carbocycles. The van der Waals surface area contributed by atoms with Crippen LogP contribution in [-0.4, -0.2) is 61.9 Å². The number of esters is 1. The maximum atomic E-state index is 13.0. The van der Waals surface area contributed by atoms with Gasteiger partial charge in [-0.3, -0.25) is 4.72 Å². The van der Waals surface area contributed by atoms with E-state index in [1.807, 2.05) is 16.5 Å². The second-order valence-electron chi connectivity index (χ2n) is 8.18. The van der Waals surface area contributed by atoms with Gasteiger partial charge < -0.3 is 9.64 Å². The van der Waals surface area contributed by atoms with Crippen LogP contribution in [-0.2, 0) is 21.2 Å². The van der Waals surface area contributed by atoms with Gasteiger partial charge in [-0.15, -0.1) is 20.4 Å². The third kappa shape index (κ3) is 7.49. The smallest absolute Gasteiger partial charge is 0.388 e. The number of aryl methyl sites for hydroxylation is 1. The van der Waals surface area contributed by atoms with Gasteiger partial charge in [-0.2, -0.15) is 35.1 Å². The van der Waals surface area contributed by atoms with E-state index in [9.17, 15) is 48.3 Å². The van der Waals surface area contributed by atoms with E-state index in [-0.39, 0.29) is 28.8 Å². The SMILES string of the molecule is CCC1CCc2cc(N=Nc3nnc(C(=O)OC(F)(F)C(F)(F)F)s3)c(NS(=O)(=O)CC(F)(F)F)cc2N1C. The molecule has 0 aliphatic carbocycles. The van der Waals surface area contributed by atoms with E-state index < -0.39 is 50.3 Å². The van der Waals surface area contributed by atoms with Crippen molar-refractivity contribution in [3.8, 4) is 0 Å². The predicted molar refractivity (Wildman–Crippen MR) is 121 cm³/mol. The summed E-state index contributed by atoms with van der Waals surface area (Å²) in [6, 6.07) is 2.72. The van der Waals surface area contributed by atoms with Gasteiger partial charge in [-0.1, -0.05) is 18.3 Å². The minimum absolute atomic E-state index is 0.0777. The predicted octanol–water partition coefficient (Wildman–Crippen LogP) is 5.73. The van der Waals surface area contributed by atoms with Gasteiger partial charge in [-0.25, -0.2) is 13.2 Å². The van der Waals surface area contributed by atoms with Crippen molar-refractivity contribution in [3.05, 3.63) is 22.7 Å². The van der Waals surface area contributed by atoms with E-state index in [4.69, 9.17) is 0 Å². The summed E-state index contributed by atoms with van der Waals surface area (Å²) in [6.07, 6.45) is -15.1. The lowest BCUT2D eigenvalue weighted by Crippen LogP contribution is -2.40. The molecule has 1 atom stereocenters. The van der Waals surface area contributed by atoms with Crippen LogP contribution in [0.15, 0.2) is 22.4 Å². The van der Waals surface area contributed by atoms with Crippen LogP contribution >= 0.6 is 11.3 Å². The molecule has 2 aromatic rings. The first-order chi connectivity index (χ1) is 17.8. The lowest BCUT2D eigenvalue weighted by molar-refractivity contribution is -0.370. The number of ether oxygens (including phenoxy) is 1. The second-order valence-corrected chi connectivity index (χ2v) is 10.9. The molecule has 216 valence electrons. The summed E-state index contributed by atoms with van der Waals surface area (Å²) in [7, 11) is -3.21. The molecule has 0 fully saturated rings. The van der Waals surface area contributed by atoms with Crippen LogP contribution in [0.5, 0.6) is 0 Å². The average Bonchev–Trinajstić information content (AvgIpc) is 3.25. The van der Waals surface area contributed by atoms with Crippen molar-refractivity contribution in [1.82, 2.24) is 10.2 Å². The maximum absolute atomic E-state index is 13.0. The molecule has 1 unspecified atom stereocenters. The minimum Gasteiger partial charge on any atom is -0.388 e. The van der Waals surface area contributed by atoms with Crippen molar-refractivity contribution < 1.29 is 53.1 Å². The van der Waals surface area contributed by atoms with Crippen molar-refractivity contribution in [1.29, 1.82) is 0 Å². The van der Waals surface area contributed by atoms with Crippen molar-refractivity contribution in [2.24, 2.45) is 10.2 Å². The molecular formula is C19H18F8N6O4S2. The number of hydrogen-bond donors (Lipinski definition) is 1. The maximum Gasteiger partial charge on any atom is 0.501 e. The van der Waals surface area contributed by atoms with Crippen LogP contribution in [0.25, 0.3) is 0 Å². The highest BCUT2D eigenvalue weighted by Crippen LogP contribution is 2.40. The monoisotopic (exact) mass is 610 g/mol. The Hall–Kier alpha value is -3.16. The van der Waals surface area contributed by atoms with Crippen LogP contribution in [0, 0.1) is 0 Å². The van der Waals surface area contributed by atoms with Gasteiger partial charge in [0, 0.05) is 18.8 Å². The number of carbonyl (C=O) groups is 1. The number of azo groups is 1. The van der Waals surface area contributed by atoms with Crippen LogP contribution in [0.1, 0.15) is 35.1 Å². The van der Waals surface area contributed by atoms with Gasteiger partial charge in [-0.05, 0) is 37.0 Å². The number of rotatable bonds is 8. The first-order valence-electron chi connectivity index (χ1n) is 10.7. The average molecular weight is 611 g/mol. The fourth-order valence-corrected chi connectivity index (χ4v) is 5.12. The number of aromatic nitrogens is 2. The van der Waals surface area contributed by atoms with E-state index in [1.54, 1.807) is 7.05 Å². The van der Waals surface area contributed by atoms with Crippen molar-refractivity contribution >= 4 is 49.5 Å². The number of halogens is 8. The Morgan fingerprint density at radius 2 is 1.82 bits per heavy atom. The number of sulfonamides is 1. The highest BCUT2D eigenvalue weighted by atomic mass is 32.2. The molecule has 10 nitrogen and oxygen atoms in total. The van der Waals surface area contributed by atoms with Crippen molar-refractivity contribution in [2.75, 3.05) is 22.4 Å². The first-order valence-corrected chi connectivity index (χ1v) is 13.2. The summed E-state index contributed by atoms with van der Waals surface area (Å²) in [5.74, 6) is -4.34. The van der Waals surface area contributed by atoms with Crippen LogP contribution in [0.2, 0.25) is 0 Å². The topological polar surface area (TPSA) is 126 Å². The van der Waals surface area contributed by atoms with Crippen molar-refractivity contribution in [2.45, 2.75) is 50.7 Å². The fraction of sp³-hybridized carbons (Fsp3) is 0.526. The minimum atomic E-state index is -6.18. The number of nitrogens with one attached hydrogen (secondary N) is 1. The van der Waals surface area contributed by atoms with Gasteiger partial charge in [0.15, 0.2) is 5.75 Å². The Kier molecular flexibility index (Phi) is 8.40. The van der Waals surface area contributed by atoms with Crippen molar-refractivity contribution in [3.63, 3.8) is 0 Å². The zero-order valence-electron chi connectivity index (χ0n) is 19.8. The molecule has 1 N–H and O–H groups in total. The summed E-state index contributed by atoms with van der Waals surface area (Å²) in [6.45, 7) is 1.93. The molecule has 2 heterocycles. The zero-order chi connectivity index (χ0) is 29.4. The lowest BCUT2D eigenvalue weighted by Gasteiger charge is -2.36. The van der Waals surface area contributed by atoms with Gasteiger partial charge >= 0.3 is 24.4 Å². The highest BCUT2D eigenvalue weighted by molar-refractivity contribution is 7.92. The summed E-state index contributed by atoms with van der Waals surface area (Å²) in [5, 5.41) is 12.2. The second kappa shape index (κ2) is 10.8.